The maximum absolute atomic E-state index is 13.5. The van der Waals surface area contributed by atoms with Crippen LogP contribution < -0.4 is 5.32 Å². The summed E-state index contributed by atoms with van der Waals surface area (Å²) in [4.78, 5) is 0. The highest BCUT2D eigenvalue weighted by Gasteiger charge is 2.06. The van der Waals surface area contributed by atoms with Gasteiger partial charge in [0.25, 0.3) is 0 Å². The van der Waals surface area contributed by atoms with Gasteiger partial charge in [0.2, 0.25) is 0 Å². The maximum atomic E-state index is 13.5. The lowest BCUT2D eigenvalue weighted by atomic mass is 10.0. The molecule has 0 spiro atoms. The molecule has 0 radical (unpaired) electrons. The van der Waals surface area contributed by atoms with Crippen molar-refractivity contribution in [3.63, 3.8) is 0 Å². The van der Waals surface area contributed by atoms with Crippen LogP contribution in [0.1, 0.15) is 38.8 Å². The molecule has 0 amide bonds. The smallest absolute Gasteiger partial charge is 0.126 e. The molecule has 2 heteroatoms. The molecular weight excluding hydrogens is 201 g/mol. The highest BCUT2D eigenvalue weighted by Crippen LogP contribution is 2.15. The third-order valence-electron chi connectivity index (χ3n) is 2.45. The summed E-state index contributed by atoms with van der Waals surface area (Å²) in [5, 5.41) is 3.34. The summed E-state index contributed by atoms with van der Waals surface area (Å²) in [6.07, 6.45) is 0.807. The van der Waals surface area contributed by atoms with Crippen molar-refractivity contribution in [2.75, 3.05) is 0 Å². The zero-order valence-electron chi connectivity index (χ0n) is 10.7. The van der Waals surface area contributed by atoms with Crippen molar-refractivity contribution in [1.29, 1.82) is 0 Å². The number of hydrogen-bond donors (Lipinski definition) is 1. The molecule has 0 atom stereocenters. The molecule has 0 aliphatic carbocycles. The Morgan fingerprint density at radius 3 is 2.44 bits per heavy atom. The Bertz CT molecular complexity index is 332. The molecule has 0 aromatic heterocycles. The zero-order valence-corrected chi connectivity index (χ0v) is 10.7. The molecule has 16 heavy (non-hydrogen) atoms. The summed E-state index contributed by atoms with van der Waals surface area (Å²) in [6.45, 7) is 9.25. The van der Waals surface area contributed by atoms with Crippen molar-refractivity contribution in [3.05, 3.63) is 35.1 Å². The largest absolute Gasteiger partial charge is 0.310 e. The van der Waals surface area contributed by atoms with Gasteiger partial charge in [-0.1, -0.05) is 39.8 Å². The molecule has 0 fully saturated rings. The Kier molecular flexibility index (Phi) is 4.94. The fraction of sp³-hybridized carbons (Fsp3) is 0.571. The Morgan fingerprint density at radius 2 is 1.88 bits per heavy atom. The summed E-state index contributed by atoms with van der Waals surface area (Å²) in [6, 6.07) is 5.87. The number of hydrogen-bond acceptors (Lipinski definition) is 1. The van der Waals surface area contributed by atoms with Gasteiger partial charge in [0, 0.05) is 12.6 Å². The Labute approximate surface area is 98.1 Å². The summed E-state index contributed by atoms with van der Waals surface area (Å²) >= 11 is 0. The number of halogens is 1. The van der Waals surface area contributed by atoms with Gasteiger partial charge in [0.15, 0.2) is 0 Å². The van der Waals surface area contributed by atoms with Crippen LogP contribution >= 0.6 is 0 Å². The molecule has 1 aromatic carbocycles. The van der Waals surface area contributed by atoms with Gasteiger partial charge in [-0.2, -0.15) is 0 Å². The maximum Gasteiger partial charge on any atom is 0.126 e. The second kappa shape index (κ2) is 6.00. The van der Waals surface area contributed by atoms with Crippen LogP contribution in [-0.4, -0.2) is 6.04 Å². The molecule has 0 saturated carbocycles. The lowest BCUT2D eigenvalue weighted by Gasteiger charge is -2.11. The second-order valence-corrected chi connectivity index (χ2v) is 5.06. The topological polar surface area (TPSA) is 12.0 Å². The Hall–Kier alpha value is -0.890. The highest BCUT2D eigenvalue weighted by molar-refractivity contribution is 5.25. The SMILES string of the molecule is CC(C)Cc1cc(CNC(C)C)ccc1F. The minimum absolute atomic E-state index is 0.0815. The first-order valence-corrected chi connectivity index (χ1v) is 5.99. The first-order chi connectivity index (χ1) is 7.49. The van der Waals surface area contributed by atoms with Crippen LogP contribution in [0.15, 0.2) is 18.2 Å². The van der Waals surface area contributed by atoms with E-state index in [0.29, 0.717) is 12.0 Å². The molecule has 0 unspecified atom stereocenters. The number of rotatable bonds is 5. The lowest BCUT2D eigenvalue weighted by Crippen LogP contribution is -2.21. The molecule has 0 aliphatic rings. The van der Waals surface area contributed by atoms with E-state index >= 15 is 0 Å². The van der Waals surface area contributed by atoms with Crippen molar-refractivity contribution in [2.24, 2.45) is 5.92 Å². The molecule has 1 aromatic rings. The summed E-state index contributed by atoms with van der Waals surface area (Å²) in [5.74, 6) is 0.407. The normalized spacial score (nSPS) is 11.4. The third-order valence-corrected chi connectivity index (χ3v) is 2.45. The van der Waals surface area contributed by atoms with Crippen molar-refractivity contribution >= 4 is 0 Å². The molecule has 0 aliphatic heterocycles. The molecule has 1 rings (SSSR count). The van der Waals surface area contributed by atoms with Crippen molar-refractivity contribution in [3.8, 4) is 0 Å². The van der Waals surface area contributed by atoms with Crippen molar-refractivity contribution < 1.29 is 4.39 Å². The predicted octanol–water partition coefficient (Wildman–Crippen LogP) is 3.52. The van der Waals surface area contributed by atoms with E-state index in [1.54, 1.807) is 6.07 Å². The molecule has 0 saturated heterocycles. The van der Waals surface area contributed by atoms with Crippen LogP contribution in [-0.2, 0) is 13.0 Å². The van der Waals surface area contributed by atoms with E-state index < -0.39 is 0 Å². The predicted molar refractivity (Wildman–Crippen MR) is 66.9 cm³/mol. The van der Waals surface area contributed by atoms with Gasteiger partial charge in [-0.15, -0.1) is 0 Å². The van der Waals surface area contributed by atoms with Crippen LogP contribution in [0, 0.1) is 11.7 Å². The van der Waals surface area contributed by atoms with E-state index in [2.05, 4.69) is 33.0 Å². The van der Waals surface area contributed by atoms with E-state index in [1.807, 2.05) is 12.1 Å². The van der Waals surface area contributed by atoms with Gasteiger partial charge in [0.1, 0.15) is 5.82 Å². The van der Waals surface area contributed by atoms with E-state index in [9.17, 15) is 4.39 Å². The van der Waals surface area contributed by atoms with E-state index in [1.165, 1.54) is 0 Å². The molecule has 0 heterocycles. The number of benzene rings is 1. The van der Waals surface area contributed by atoms with Crippen LogP contribution in [0.25, 0.3) is 0 Å². The van der Waals surface area contributed by atoms with E-state index in [4.69, 9.17) is 0 Å². The standard InChI is InChI=1S/C14H22FN/c1-10(2)7-13-8-12(5-6-14(13)15)9-16-11(3)4/h5-6,8,10-11,16H,7,9H2,1-4H3. The fourth-order valence-electron chi connectivity index (χ4n) is 1.66. The summed E-state index contributed by atoms with van der Waals surface area (Å²) in [7, 11) is 0. The minimum atomic E-state index is -0.0815. The van der Waals surface area contributed by atoms with Crippen LogP contribution in [0.4, 0.5) is 4.39 Å². The van der Waals surface area contributed by atoms with Crippen LogP contribution in [0.2, 0.25) is 0 Å². The highest BCUT2D eigenvalue weighted by atomic mass is 19.1. The average molecular weight is 223 g/mol. The first kappa shape index (κ1) is 13.2. The van der Waals surface area contributed by atoms with Crippen LogP contribution in [0.3, 0.4) is 0 Å². The summed E-state index contributed by atoms with van der Waals surface area (Å²) < 4.78 is 13.5. The average Bonchev–Trinajstić information content (AvgIpc) is 2.18. The van der Waals surface area contributed by atoms with Crippen LogP contribution in [0.5, 0.6) is 0 Å². The minimum Gasteiger partial charge on any atom is -0.310 e. The number of nitrogens with one attached hydrogen (secondary N) is 1. The first-order valence-electron chi connectivity index (χ1n) is 5.99. The van der Waals surface area contributed by atoms with Crippen molar-refractivity contribution in [2.45, 2.75) is 46.7 Å². The quantitative estimate of drug-likeness (QED) is 0.805. The van der Waals surface area contributed by atoms with Gasteiger partial charge in [-0.25, -0.2) is 4.39 Å². The zero-order chi connectivity index (χ0) is 12.1. The molecule has 0 bridgehead atoms. The molecule has 1 N–H and O–H groups in total. The van der Waals surface area contributed by atoms with Gasteiger partial charge < -0.3 is 5.32 Å². The van der Waals surface area contributed by atoms with Gasteiger partial charge in [-0.05, 0) is 29.5 Å². The lowest BCUT2D eigenvalue weighted by molar-refractivity contribution is 0.566. The van der Waals surface area contributed by atoms with Gasteiger partial charge in [-0.3, -0.25) is 0 Å². The van der Waals surface area contributed by atoms with Gasteiger partial charge in [0.05, 0.1) is 0 Å². The monoisotopic (exact) mass is 223 g/mol. The molecule has 90 valence electrons. The van der Waals surface area contributed by atoms with E-state index in [0.717, 1.165) is 24.1 Å². The summed E-state index contributed by atoms with van der Waals surface area (Å²) in [5.41, 5.74) is 1.99. The third kappa shape index (κ3) is 4.31. The Balaban J connectivity index is 2.73. The van der Waals surface area contributed by atoms with E-state index in [-0.39, 0.29) is 5.82 Å². The molecular formula is C14H22FN. The second-order valence-electron chi connectivity index (χ2n) is 5.06. The molecule has 1 nitrogen and oxygen atoms in total. The van der Waals surface area contributed by atoms with Gasteiger partial charge >= 0.3 is 0 Å². The Morgan fingerprint density at radius 1 is 1.19 bits per heavy atom. The van der Waals surface area contributed by atoms with Crippen molar-refractivity contribution in [1.82, 2.24) is 5.32 Å². The fourth-order valence-corrected chi connectivity index (χ4v) is 1.66.